The van der Waals surface area contributed by atoms with E-state index in [1.54, 1.807) is 0 Å². The van der Waals surface area contributed by atoms with Crippen LogP contribution in [0.25, 0.3) is 0 Å². The molecule has 0 spiro atoms. The molecular weight excluding hydrogens is 248 g/mol. The van der Waals surface area contributed by atoms with Gasteiger partial charge in [0.2, 0.25) is 0 Å². The van der Waals surface area contributed by atoms with Gasteiger partial charge in [-0.25, -0.2) is 0 Å². The third-order valence-corrected chi connectivity index (χ3v) is 3.83. The predicted molar refractivity (Wildman–Crippen MR) is 88.0 cm³/mol. The van der Waals surface area contributed by atoms with Gasteiger partial charge in [-0.2, -0.15) is 0 Å². The van der Waals surface area contributed by atoms with Gasteiger partial charge in [0.05, 0.1) is 6.04 Å². The Kier molecular flexibility index (Phi) is 13.3. The average Bonchev–Trinajstić information content (AvgIpc) is 2.42. The van der Waals surface area contributed by atoms with Gasteiger partial charge in [-0.3, -0.25) is 4.79 Å². The predicted octanol–water partition coefficient (Wildman–Crippen LogP) is 3.76. The van der Waals surface area contributed by atoms with E-state index >= 15 is 0 Å². The highest BCUT2D eigenvalue weighted by atomic mass is 16.1. The Morgan fingerprint density at radius 1 is 0.950 bits per heavy atom. The molecule has 0 aromatic heterocycles. The summed E-state index contributed by atoms with van der Waals surface area (Å²) in [5, 5.41) is 0. The van der Waals surface area contributed by atoms with E-state index in [1.807, 2.05) is 14.1 Å². The van der Waals surface area contributed by atoms with Crippen molar-refractivity contribution in [1.82, 2.24) is 4.90 Å². The first-order valence-electron chi connectivity index (χ1n) is 8.51. The summed E-state index contributed by atoms with van der Waals surface area (Å²) in [6.45, 7) is 3.14. The number of ketones is 1. The van der Waals surface area contributed by atoms with Crippen molar-refractivity contribution < 1.29 is 4.79 Å². The molecule has 0 saturated carbocycles. The van der Waals surface area contributed by atoms with Crippen LogP contribution in [0.3, 0.4) is 0 Å². The molecule has 2 N–H and O–H groups in total. The number of Topliss-reactive ketones (excluding diaryl/α,β-unsaturated/α-hetero) is 1. The van der Waals surface area contributed by atoms with Crippen molar-refractivity contribution in [3.8, 4) is 0 Å². The first kappa shape index (κ1) is 19.6. The number of unbranched alkanes of at least 4 members (excludes halogenated alkanes) is 8. The smallest absolute Gasteiger partial charge is 0.149 e. The summed E-state index contributed by atoms with van der Waals surface area (Å²) in [4.78, 5) is 13.9. The monoisotopic (exact) mass is 284 g/mol. The molecule has 0 aromatic rings. The van der Waals surface area contributed by atoms with Gasteiger partial charge < -0.3 is 10.6 Å². The van der Waals surface area contributed by atoms with Gasteiger partial charge in [-0.15, -0.1) is 0 Å². The average molecular weight is 284 g/mol. The third-order valence-electron chi connectivity index (χ3n) is 3.83. The molecule has 120 valence electrons. The molecule has 0 amide bonds. The molecule has 3 heteroatoms. The first-order valence-corrected chi connectivity index (χ1v) is 8.51. The van der Waals surface area contributed by atoms with E-state index in [-0.39, 0.29) is 11.8 Å². The lowest BCUT2D eigenvalue weighted by Gasteiger charge is -2.14. The van der Waals surface area contributed by atoms with Gasteiger partial charge in [-0.05, 0) is 33.5 Å². The van der Waals surface area contributed by atoms with E-state index in [9.17, 15) is 4.79 Å². The summed E-state index contributed by atoms with van der Waals surface area (Å²) in [5.41, 5.74) is 5.90. The number of hydrogen-bond donors (Lipinski definition) is 1. The van der Waals surface area contributed by atoms with Crippen molar-refractivity contribution >= 4 is 5.78 Å². The Balaban J connectivity index is 3.34. The van der Waals surface area contributed by atoms with Crippen LogP contribution in [0.5, 0.6) is 0 Å². The molecule has 0 aliphatic rings. The molecule has 0 aliphatic carbocycles. The molecule has 0 aromatic carbocycles. The maximum atomic E-state index is 11.8. The molecule has 20 heavy (non-hydrogen) atoms. The fraction of sp³-hybridized carbons (Fsp3) is 0.941. The molecule has 1 atom stereocenters. The summed E-state index contributed by atoms with van der Waals surface area (Å²) in [6.07, 6.45) is 13.1. The van der Waals surface area contributed by atoms with Crippen molar-refractivity contribution in [3.05, 3.63) is 0 Å². The summed E-state index contributed by atoms with van der Waals surface area (Å²) in [7, 11) is 4.02. The van der Waals surface area contributed by atoms with Gasteiger partial charge >= 0.3 is 0 Å². The lowest BCUT2D eigenvalue weighted by atomic mass is 10.0. The minimum Gasteiger partial charge on any atom is -0.321 e. The highest BCUT2D eigenvalue weighted by Crippen LogP contribution is 2.11. The molecule has 0 bridgehead atoms. The topological polar surface area (TPSA) is 46.3 Å². The van der Waals surface area contributed by atoms with E-state index in [2.05, 4.69) is 11.8 Å². The van der Waals surface area contributed by atoms with Crippen LogP contribution in [0.2, 0.25) is 0 Å². The van der Waals surface area contributed by atoms with E-state index in [0.29, 0.717) is 6.42 Å². The van der Waals surface area contributed by atoms with Crippen molar-refractivity contribution in [1.29, 1.82) is 0 Å². The summed E-state index contributed by atoms with van der Waals surface area (Å²) >= 11 is 0. The minimum atomic E-state index is -0.258. The van der Waals surface area contributed by atoms with Crippen LogP contribution in [0.15, 0.2) is 0 Å². The molecule has 3 nitrogen and oxygen atoms in total. The number of hydrogen-bond acceptors (Lipinski definition) is 3. The highest BCUT2D eigenvalue weighted by molar-refractivity contribution is 5.83. The fourth-order valence-electron chi connectivity index (χ4n) is 2.35. The van der Waals surface area contributed by atoms with Gasteiger partial charge in [0.25, 0.3) is 0 Å². The Morgan fingerprint density at radius 3 is 1.95 bits per heavy atom. The zero-order valence-electron chi connectivity index (χ0n) is 14.0. The van der Waals surface area contributed by atoms with Crippen LogP contribution in [0.4, 0.5) is 0 Å². The van der Waals surface area contributed by atoms with E-state index in [1.165, 1.54) is 51.4 Å². The first-order chi connectivity index (χ1) is 9.57. The fourth-order valence-corrected chi connectivity index (χ4v) is 2.35. The van der Waals surface area contributed by atoms with Crippen LogP contribution >= 0.6 is 0 Å². The number of carbonyl (C=O) groups is 1. The second kappa shape index (κ2) is 13.6. The number of carbonyl (C=O) groups excluding carboxylic acids is 1. The number of rotatable bonds is 14. The Morgan fingerprint density at radius 2 is 1.45 bits per heavy atom. The van der Waals surface area contributed by atoms with Crippen LogP contribution in [-0.4, -0.2) is 37.4 Å². The molecule has 0 heterocycles. The summed E-state index contributed by atoms with van der Waals surface area (Å²) in [6, 6.07) is -0.258. The summed E-state index contributed by atoms with van der Waals surface area (Å²) in [5.74, 6) is 0.245. The second-order valence-electron chi connectivity index (χ2n) is 6.24. The minimum absolute atomic E-state index is 0.245. The third kappa shape index (κ3) is 12.6. The van der Waals surface area contributed by atoms with Crippen LogP contribution in [0, 0.1) is 0 Å². The highest BCUT2D eigenvalue weighted by Gasteiger charge is 2.12. The molecule has 1 unspecified atom stereocenters. The van der Waals surface area contributed by atoms with Crippen LogP contribution in [-0.2, 0) is 4.79 Å². The zero-order valence-corrected chi connectivity index (χ0v) is 14.0. The van der Waals surface area contributed by atoms with Gasteiger partial charge in [0, 0.05) is 6.42 Å². The van der Waals surface area contributed by atoms with Crippen molar-refractivity contribution in [2.75, 3.05) is 20.6 Å². The maximum Gasteiger partial charge on any atom is 0.149 e. The number of nitrogens with zero attached hydrogens (tertiary/aromatic N) is 1. The van der Waals surface area contributed by atoms with Crippen molar-refractivity contribution in [3.63, 3.8) is 0 Å². The Labute approximate surface area is 126 Å². The molecule has 0 saturated heterocycles. The quantitative estimate of drug-likeness (QED) is 0.494. The van der Waals surface area contributed by atoms with Crippen LogP contribution < -0.4 is 5.73 Å². The normalized spacial score (nSPS) is 12.8. The van der Waals surface area contributed by atoms with Crippen molar-refractivity contribution in [2.45, 2.75) is 83.6 Å². The lowest BCUT2D eigenvalue weighted by Crippen LogP contribution is -2.33. The molecular formula is C17H36N2O. The molecule has 0 aliphatic heterocycles. The van der Waals surface area contributed by atoms with Gasteiger partial charge in [-0.1, -0.05) is 58.3 Å². The largest absolute Gasteiger partial charge is 0.321 e. The standard InChI is InChI=1S/C17H36N2O/c1-4-5-6-7-8-9-10-11-12-13-17(20)16(18)14-15-19(2)3/h16H,4-15,18H2,1-3H3. The van der Waals surface area contributed by atoms with E-state index < -0.39 is 0 Å². The SMILES string of the molecule is CCCCCCCCCCCC(=O)C(N)CCN(C)C. The lowest BCUT2D eigenvalue weighted by molar-refractivity contribution is -0.120. The summed E-state index contributed by atoms with van der Waals surface area (Å²) < 4.78 is 0. The van der Waals surface area contributed by atoms with Gasteiger partial charge in [0.15, 0.2) is 0 Å². The van der Waals surface area contributed by atoms with E-state index in [4.69, 9.17) is 5.73 Å². The van der Waals surface area contributed by atoms with Gasteiger partial charge in [0.1, 0.15) is 5.78 Å². The van der Waals surface area contributed by atoms with E-state index in [0.717, 1.165) is 19.4 Å². The Bertz CT molecular complexity index is 229. The maximum absolute atomic E-state index is 11.8. The number of nitrogens with two attached hydrogens (primary N) is 1. The zero-order chi connectivity index (χ0) is 15.2. The van der Waals surface area contributed by atoms with Crippen molar-refractivity contribution in [2.24, 2.45) is 5.73 Å². The Hall–Kier alpha value is -0.410. The van der Waals surface area contributed by atoms with Crippen LogP contribution in [0.1, 0.15) is 77.6 Å². The molecule has 0 rings (SSSR count). The molecule has 0 fully saturated rings. The second-order valence-corrected chi connectivity index (χ2v) is 6.24. The molecule has 0 radical (unpaired) electrons.